The second kappa shape index (κ2) is 4.72. The van der Waals surface area contributed by atoms with E-state index < -0.39 is 11.7 Å². The third-order valence-electron chi connectivity index (χ3n) is 1.80. The Balaban J connectivity index is 2.83. The standard InChI is InChI=1S/C10H13FN2O/c1-7-2-3-9(11)8(6-7)10(14)13-5-4-12/h2-3,6H,4-5,12H2,1H3,(H,13,14). The molecule has 4 heteroatoms. The van der Waals surface area contributed by atoms with Crippen molar-refractivity contribution in [1.29, 1.82) is 0 Å². The van der Waals surface area contributed by atoms with E-state index in [1.165, 1.54) is 12.1 Å². The summed E-state index contributed by atoms with van der Waals surface area (Å²) in [4.78, 5) is 11.4. The van der Waals surface area contributed by atoms with Crippen LogP contribution in [-0.4, -0.2) is 19.0 Å². The number of aryl methyl sites for hydroxylation is 1. The lowest BCUT2D eigenvalue weighted by atomic mass is 10.1. The van der Waals surface area contributed by atoms with Crippen LogP contribution in [0.2, 0.25) is 0 Å². The molecule has 1 aromatic carbocycles. The Morgan fingerprint density at radius 1 is 1.57 bits per heavy atom. The zero-order chi connectivity index (χ0) is 10.6. The molecule has 0 aliphatic rings. The number of benzene rings is 1. The molecule has 3 nitrogen and oxygen atoms in total. The molecular formula is C10H13FN2O. The first-order chi connectivity index (χ1) is 6.65. The molecule has 0 aliphatic carbocycles. The summed E-state index contributed by atoms with van der Waals surface area (Å²) in [6.45, 7) is 2.50. The second-order valence-electron chi connectivity index (χ2n) is 3.03. The van der Waals surface area contributed by atoms with Crippen LogP contribution in [0, 0.1) is 12.7 Å². The van der Waals surface area contributed by atoms with Crippen LogP contribution in [0.1, 0.15) is 15.9 Å². The number of halogens is 1. The highest BCUT2D eigenvalue weighted by molar-refractivity contribution is 5.94. The Kier molecular flexibility index (Phi) is 3.59. The van der Waals surface area contributed by atoms with Crippen LogP contribution in [0.5, 0.6) is 0 Å². The third-order valence-corrected chi connectivity index (χ3v) is 1.80. The molecule has 1 rings (SSSR count). The first-order valence-electron chi connectivity index (χ1n) is 4.39. The highest BCUT2D eigenvalue weighted by atomic mass is 19.1. The molecule has 0 radical (unpaired) electrons. The number of carbonyl (C=O) groups is 1. The molecule has 3 N–H and O–H groups in total. The molecule has 0 fully saturated rings. The highest BCUT2D eigenvalue weighted by Gasteiger charge is 2.10. The fourth-order valence-corrected chi connectivity index (χ4v) is 1.09. The van der Waals surface area contributed by atoms with Gasteiger partial charge in [-0.15, -0.1) is 0 Å². The Hall–Kier alpha value is -1.42. The van der Waals surface area contributed by atoms with Gasteiger partial charge in [0.1, 0.15) is 5.82 Å². The van der Waals surface area contributed by atoms with Crippen LogP contribution in [0.25, 0.3) is 0 Å². The number of rotatable bonds is 3. The lowest BCUT2D eigenvalue weighted by Gasteiger charge is -2.05. The lowest BCUT2D eigenvalue weighted by molar-refractivity contribution is 0.0950. The number of hydrogen-bond acceptors (Lipinski definition) is 2. The van der Waals surface area contributed by atoms with Gasteiger partial charge in [-0.25, -0.2) is 4.39 Å². The molecule has 0 aliphatic heterocycles. The Labute approximate surface area is 82.1 Å². The van der Waals surface area contributed by atoms with E-state index in [1.807, 2.05) is 0 Å². The first-order valence-corrected chi connectivity index (χ1v) is 4.39. The highest BCUT2D eigenvalue weighted by Crippen LogP contribution is 2.09. The van der Waals surface area contributed by atoms with E-state index >= 15 is 0 Å². The minimum atomic E-state index is -0.509. The van der Waals surface area contributed by atoms with Crippen molar-refractivity contribution < 1.29 is 9.18 Å². The zero-order valence-electron chi connectivity index (χ0n) is 8.01. The maximum absolute atomic E-state index is 13.2. The molecule has 14 heavy (non-hydrogen) atoms. The molecule has 0 aromatic heterocycles. The Morgan fingerprint density at radius 2 is 2.29 bits per heavy atom. The van der Waals surface area contributed by atoms with Crippen molar-refractivity contribution in [2.45, 2.75) is 6.92 Å². The Morgan fingerprint density at radius 3 is 2.93 bits per heavy atom. The van der Waals surface area contributed by atoms with E-state index in [9.17, 15) is 9.18 Å². The average molecular weight is 196 g/mol. The van der Waals surface area contributed by atoms with E-state index in [4.69, 9.17) is 5.73 Å². The van der Waals surface area contributed by atoms with Gasteiger partial charge < -0.3 is 11.1 Å². The summed E-state index contributed by atoms with van der Waals surface area (Å²) in [5, 5.41) is 2.51. The van der Waals surface area contributed by atoms with E-state index in [1.54, 1.807) is 13.0 Å². The van der Waals surface area contributed by atoms with Gasteiger partial charge in [-0.2, -0.15) is 0 Å². The molecule has 0 saturated carbocycles. The van der Waals surface area contributed by atoms with Crippen LogP contribution in [0.4, 0.5) is 4.39 Å². The van der Waals surface area contributed by atoms with Gasteiger partial charge in [0.15, 0.2) is 0 Å². The van der Waals surface area contributed by atoms with Crippen LogP contribution in [0.15, 0.2) is 18.2 Å². The summed E-state index contributed by atoms with van der Waals surface area (Å²) >= 11 is 0. The SMILES string of the molecule is Cc1ccc(F)c(C(=O)NCCN)c1. The van der Waals surface area contributed by atoms with Gasteiger partial charge in [0.2, 0.25) is 0 Å². The molecule has 76 valence electrons. The van der Waals surface area contributed by atoms with Crippen molar-refractivity contribution in [2.75, 3.05) is 13.1 Å². The second-order valence-corrected chi connectivity index (χ2v) is 3.03. The van der Waals surface area contributed by atoms with E-state index in [0.29, 0.717) is 13.1 Å². The summed E-state index contributed by atoms with van der Waals surface area (Å²) < 4.78 is 13.2. The van der Waals surface area contributed by atoms with Crippen LogP contribution >= 0.6 is 0 Å². The largest absolute Gasteiger partial charge is 0.351 e. The lowest BCUT2D eigenvalue weighted by Crippen LogP contribution is -2.29. The summed E-state index contributed by atoms with van der Waals surface area (Å²) in [6, 6.07) is 4.42. The molecule has 0 saturated heterocycles. The topological polar surface area (TPSA) is 55.1 Å². The fraction of sp³-hybridized carbons (Fsp3) is 0.300. The quantitative estimate of drug-likeness (QED) is 0.752. The summed E-state index contributed by atoms with van der Waals surface area (Å²) in [6.07, 6.45) is 0. The first kappa shape index (κ1) is 10.7. The zero-order valence-corrected chi connectivity index (χ0v) is 8.01. The molecule has 0 unspecified atom stereocenters. The van der Waals surface area contributed by atoms with Crippen molar-refractivity contribution in [2.24, 2.45) is 5.73 Å². The van der Waals surface area contributed by atoms with Gasteiger partial charge in [-0.1, -0.05) is 11.6 Å². The molecule has 1 amide bonds. The van der Waals surface area contributed by atoms with Gasteiger partial charge >= 0.3 is 0 Å². The van der Waals surface area contributed by atoms with E-state index in [2.05, 4.69) is 5.32 Å². The molecule has 0 heterocycles. The summed E-state index contributed by atoms with van der Waals surface area (Å²) in [5.41, 5.74) is 6.13. The molecule has 0 bridgehead atoms. The predicted molar refractivity (Wildman–Crippen MR) is 52.5 cm³/mol. The summed E-state index contributed by atoms with van der Waals surface area (Å²) in [5.74, 6) is -0.929. The Bertz CT molecular complexity index is 339. The van der Waals surface area contributed by atoms with Gasteiger partial charge in [0.25, 0.3) is 5.91 Å². The van der Waals surface area contributed by atoms with Crippen LogP contribution in [0.3, 0.4) is 0 Å². The minimum Gasteiger partial charge on any atom is -0.351 e. The number of amides is 1. The van der Waals surface area contributed by atoms with Crippen molar-refractivity contribution in [3.63, 3.8) is 0 Å². The number of nitrogens with two attached hydrogens (primary N) is 1. The van der Waals surface area contributed by atoms with Crippen molar-refractivity contribution >= 4 is 5.91 Å². The van der Waals surface area contributed by atoms with Crippen LogP contribution in [-0.2, 0) is 0 Å². The monoisotopic (exact) mass is 196 g/mol. The fourth-order valence-electron chi connectivity index (χ4n) is 1.09. The molecule has 0 spiro atoms. The van der Waals surface area contributed by atoms with E-state index in [-0.39, 0.29) is 5.56 Å². The number of nitrogens with one attached hydrogen (secondary N) is 1. The molecular weight excluding hydrogens is 183 g/mol. The third kappa shape index (κ3) is 2.53. The van der Waals surface area contributed by atoms with Crippen molar-refractivity contribution in [3.05, 3.63) is 35.1 Å². The average Bonchev–Trinajstić information content (AvgIpc) is 2.18. The minimum absolute atomic E-state index is 0.0680. The summed E-state index contributed by atoms with van der Waals surface area (Å²) in [7, 11) is 0. The van der Waals surface area contributed by atoms with Crippen LogP contribution < -0.4 is 11.1 Å². The van der Waals surface area contributed by atoms with Gasteiger partial charge in [-0.05, 0) is 19.1 Å². The van der Waals surface area contributed by atoms with Crippen molar-refractivity contribution in [3.8, 4) is 0 Å². The number of hydrogen-bond donors (Lipinski definition) is 2. The smallest absolute Gasteiger partial charge is 0.254 e. The van der Waals surface area contributed by atoms with Gasteiger partial charge in [0, 0.05) is 13.1 Å². The van der Waals surface area contributed by atoms with Gasteiger partial charge in [0.05, 0.1) is 5.56 Å². The van der Waals surface area contributed by atoms with Crippen molar-refractivity contribution in [1.82, 2.24) is 5.32 Å². The molecule has 0 atom stereocenters. The predicted octanol–water partition coefficient (Wildman–Crippen LogP) is 0.823. The van der Waals surface area contributed by atoms with E-state index in [0.717, 1.165) is 5.56 Å². The normalized spacial score (nSPS) is 9.93. The maximum Gasteiger partial charge on any atom is 0.254 e. The van der Waals surface area contributed by atoms with Gasteiger partial charge in [-0.3, -0.25) is 4.79 Å². The maximum atomic E-state index is 13.2. The number of carbonyl (C=O) groups excluding carboxylic acids is 1. The molecule has 1 aromatic rings.